The molecular formula is C28H25GaN2O3. The van der Waals surface area contributed by atoms with Gasteiger partial charge < -0.3 is 0 Å². The van der Waals surface area contributed by atoms with Crippen LogP contribution in [0, 0.1) is 27.7 Å². The summed E-state index contributed by atoms with van der Waals surface area (Å²) in [7, 11) is 0. The van der Waals surface area contributed by atoms with E-state index in [1.165, 1.54) is 0 Å². The first-order valence-electron chi connectivity index (χ1n) is 11.3. The number of para-hydroxylation sites is 3. The van der Waals surface area contributed by atoms with Gasteiger partial charge in [-0.15, -0.1) is 0 Å². The molecule has 0 atom stereocenters. The van der Waals surface area contributed by atoms with Crippen LogP contribution in [-0.2, 0) is 0 Å². The van der Waals surface area contributed by atoms with Crippen LogP contribution in [0.4, 0.5) is 0 Å². The Hall–Kier alpha value is -3.48. The zero-order chi connectivity index (χ0) is 23.7. The van der Waals surface area contributed by atoms with Gasteiger partial charge in [0, 0.05) is 0 Å². The summed E-state index contributed by atoms with van der Waals surface area (Å²) >= 11 is -3.37. The molecule has 6 heteroatoms. The van der Waals surface area contributed by atoms with E-state index in [9.17, 15) is 0 Å². The second kappa shape index (κ2) is 9.41. The molecule has 0 bridgehead atoms. The van der Waals surface area contributed by atoms with Gasteiger partial charge in [-0.25, -0.2) is 0 Å². The molecule has 0 aliphatic heterocycles. The Morgan fingerprint density at radius 3 is 1.56 bits per heavy atom. The topological polar surface area (TPSA) is 53.5 Å². The van der Waals surface area contributed by atoms with Gasteiger partial charge >= 0.3 is 206 Å². The quantitative estimate of drug-likeness (QED) is 0.245. The molecule has 0 amide bonds. The fourth-order valence-corrected chi connectivity index (χ4v) is 6.96. The molecule has 168 valence electrons. The Morgan fingerprint density at radius 2 is 1.06 bits per heavy atom. The summed E-state index contributed by atoms with van der Waals surface area (Å²) in [5.41, 5.74) is 5.84. The number of fused-ring (bicyclic) bond motifs is 2. The Balaban J connectivity index is 1.57. The van der Waals surface area contributed by atoms with Crippen molar-refractivity contribution in [3.63, 3.8) is 0 Å². The molecule has 5 rings (SSSR count). The van der Waals surface area contributed by atoms with E-state index in [4.69, 9.17) is 20.6 Å². The zero-order valence-corrected chi connectivity index (χ0v) is 22.1. The third kappa shape index (κ3) is 4.60. The minimum absolute atomic E-state index is 0.672. The molecular weight excluding hydrogens is 482 g/mol. The number of rotatable bonds is 6. The van der Waals surface area contributed by atoms with E-state index >= 15 is 0 Å². The summed E-state index contributed by atoms with van der Waals surface area (Å²) in [6.45, 7) is 8.16. The first-order chi connectivity index (χ1) is 16.5. The predicted octanol–water partition coefficient (Wildman–Crippen LogP) is 6.54. The number of hydrogen-bond donors (Lipinski definition) is 0. The van der Waals surface area contributed by atoms with Crippen LogP contribution in [-0.4, -0.2) is 27.3 Å². The fraction of sp³-hybridized carbons (Fsp3) is 0.143. The number of pyridine rings is 2. The van der Waals surface area contributed by atoms with E-state index in [0.29, 0.717) is 17.2 Å². The van der Waals surface area contributed by atoms with Crippen molar-refractivity contribution in [2.75, 3.05) is 0 Å². The predicted molar refractivity (Wildman–Crippen MR) is 137 cm³/mol. The van der Waals surface area contributed by atoms with Gasteiger partial charge in [-0.1, -0.05) is 0 Å². The van der Waals surface area contributed by atoms with Gasteiger partial charge in [0.2, 0.25) is 0 Å². The minimum atomic E-state index is -3.37. The molecule has 0 aliphatic rings. The maximum atomic E-state index is 6.51. The third-order valence-electron chi connectivity index (χ3n) is 5.70. The second-order valence-corrected chi connectivity index (χ2v) is 11.1. The van der Waals surface area contributed by atoms with Crippen molar-refractivity contribution in [2.45, 2.75) is 27.7 Å². The normalized spacial score (nSPS) is 10.9. The second-order valence-electron chi connectivity index (χ2n) is 8.42. The van der Waals surface area contributed by atoms with E-state index in [1.54, 1.807) is 0 Å². The molecule has 5 nitrogen and oxygen atoms in total. The summed E-state index contributed by atoms with van der Waals surface area (Å²) < 4.78 is 19.3. The SMILES string of the molecule is Cc1cc(C)c2cccc([O][Ga]([O]c3ccccc3)[O]c3cccc4c(C)cc(C)nc34)c2n1. The molecule has 5 aromatic rings. The number of hydrogen-bond acceptors (Lipinski definition) is 5. The molecule has 0 saturated carbocycles. The van der Waals surface area contributed by atoms with Gasteiger partial charge in [-0.3, -0.25) is 0 Å². The molecule has 2 heterocycles. The fourth-order valence-electron chi connectivity index (χ4n) is 4.19. The summed E-state index contributed by atoms with van der Waals surface area (Å²) in [4.78, 5) is 9.52. The zero-order valence-electron chi connectivity index (χ0n) is 19.7. The summed E-state index contributed by atoms with van der Waals surface area (Å²) in [5.74, 6) is 2.06. The van der Waals surface area contributed by atoms with Crippen molar-refractivity contribution < 1.29 is 10.6 Å². The van der Waals surface area contributed by atoms with Crippen molar-refractivity contribution >= 4 is 39.1 Å². The maximum absolute atomic E-state index is 6.51. The first kappa shape index (κ1) is 22.3. The molecule has 0 spiro atoms. The molecule has 0 N–H and O–H groups in total. The Bertz CT molecular complexity index is 1400. The van der Waals surface area contributed by atoms with Gasteiger partial charge in [-0.2, -0.15) is 0 Å². The van der Waals surface area contributed by atoms with E-state index in [2.05, 4.69) is 38.1 Å². The van der Waals surface area contributed by atoms with Gasteiger partial charge in [0.15, 0.2) is 0 Å². The number of nitrogens with zero attached hydrogens (tertiary/aromatic N) is 2. The monoisotopic (exact) mass is 506 g/mol. The average Bonchev–Trinajstić information content (AvgIpc) is 2.81. The standard InChI is InChI=1S/2C11H11NO.C6H6O.Ga/c2*1-7-6-8(2)12-11-9(7)4-3-5-10(11)13;7-6-4-2-1-3-5-6;/h2*3-6,13H,1-2H3;1-5,7H;/q;;;+3/p-3. The Labute approximate surface area is 205 Å². The van der Waals surface area contributed by atoms with Gasteiger partial charge in [0.25, 0.3) is 0 Å². The van der Waals surface area contributed by atoms with Crippen LogP contribution in [0.3, 0.4) is 0 Å². The third-order valence-corrected chi connectivity index (χ3v) is 8.54. The van der Waals surface area contributed by atoms with Crippen molar-refractivity contribution in [3.05, 3.63) is 101 Å². The molecule has 34 heavy (non-hydrogen) atoms. The number of aromatic nitrogens is 2. The number of benzene rings is 3. The van der Waals surface area contributed by atoms with E-state index in [0.717, 1.165) is 44.3 Å². The van der Waals surface area contributed by atoms with Crippen LogP contribution >= 0.6 is 0 Å². The summed E-state index contributed by atoms with van der Waals surface area (Å²) in [6.07, 6.45) is 0. The van der Waals surface area contributed by atoms with Gasteiger partial charge in [0.05, 0.1) is 0 Å². The molecule has 0 unspecified atom stereocenters. The molecule has 0 saturated heterocycles. The van der Waals surface area contributed by atoms with Crippen LogP contribution in [0.5, 0.6) is 17.2 Å². The van der Waals surface area contributed by atoms with Gasteiger partial charge in [0.1, 0.15) is 0 Å². The molecule has 0 fully saturated rings. The molecule has 3 aromatic carbocycles. The first-order valence-corrected chi connectivity index (χ1v) is 14.2. The van der Waals surface area contributed by atoms with Crippen LogP contribution in [0.2, 0.25) is 0 Å². The van der Waals surface area contributed by atoms with Crippen LogP contribution in [0.15, 0.2) is 78.9 Å². The summed E-state index contributed by atoms with van der Waals surface area (Å²) in [6, 6.07) is 25.8. The van der Waals surface area contributed by atoms with E-state index in [1.807, 2.05) is 68.4 Å². The van der Waals surface area contributed by atoms with Gasteiger partial charge in [-0.05, 0) is 0 Å². The van der Waals surface area contributed by atoms with E-state index in [-0.39, 0.29) is 0 Å². The van der Waals surface area contributed by atoms with Crippen LogP contribution in [0.25, 0.3) is 21.8 Å². The van der Waals surface area contributed by atoms with Crippen molar-refractivity contribution in [1.82, 2.24) is 9.97 Å². The van der Waals surface area contributed by atoms with Crippen LogP contribution in [0.1, 0.15) is 22.5 Å². The van der Waals surface area contributed by atoms with Crippen LogP contribution < -0.4 is 10.6 Å². The van der Waals surface area contributed by atoms with Crippen molar-refractivity contribution in [1.29, 1.82) is 0 Å². The van der Waals surface area contributed by atoms with Crippen molar-refractivity contribution in [2.24, 2.45) is 0 Å². The summed E-state index contributed by atoms with van der Waals surface area (Å²) in [5, 5.41) is 2.11. The molecule has 2 aromatic heterocycles. The average molecular weight is 507 g/mol. The van der Waals surface area contributed by atoms with Crippen molar-refractivity contribution in [3.8, 4) is 17.2 Å². The molecule has 0 radical (unpaired) electrons. The Kier molecular flexibility index (Phi) is 6.17. The number of aryl methyl sites for hydroxylation is 4. The van der Waals surface area contributed by atoms with E-state index < -0.39 is 17.3 Å². The molecule has 0 aliphatic carbocycles. The Morgan fingerprint density at radius 1 is 0.559 bits per heavy atom.